The molecule has 110 valence electrons. The van der Waals surface area contributed by atoms with Crippen LogP contribution in [0.15, 0.2) is 17.5 Å². The molecule has 3 N–H and O–H groups in total. The van der Waals surface area contributed by atoms with E-state index in [1.165, 1.54) is 11.9 Å². The molecule has 1 unspecified atom stereocenters. The summed E-state index contributed by atoms with van der Waals surface area (Å²) in [5, 5.41) is 21.5. The number of carboxylic acids is 2. The van der Waals surface area contributed by atoms with Gasteiger partial charge in [0.1, 0.15) is 6.04 Å². The van der Waals surface area contributed by atoms with Crippen molar-refractivity contribution >= 4 is 29.3 Å². The minimum Gasteiger partial charge on any atom is -0.481 e. The van der Waals surface area contributed by atoms with Gasteiger partial charge in [-0.3, -0.25) is 4.79 Å². The fraction of sp³-hybridized carbons (Fsp3) is 0.417. The Morgan fingerprint density at radius 1 is 1.40 bits per heavy atom. The van der Waals surface area contributed by atoms with Gasteiger partial charge >= 0.3 is 18.0 Å². The fourth-order valence-electron chi connectivity index (χ4n) is 1.47. The molecule has 0 spiro atoms. The number of thiophene rings is 1. The van der Waals surface area contributed by atoms with Gasteiger partial charge in [-0.15, -0.1) is 11.3 Å². The predicted molar refractivity (Wildman–Crippen MR) is 72.9 cm³/mol. The molecule has 0 fully saturated rings. The van der Waals surface area contributed by atoms with Gasteiger partial charge in [-0.25, -0.2) is 9.59 Å². The minimum atomic E-state index is -1.43. The van der Waals surface area contributed by atoms with E-state index in [0.29, 0.717) is 13.0 Å². The maximum Gasteiger partial charge on any atom is 0.326 e. The summed E-state index contributed by atoms with van der Waals surface area (Å²) in [7, 11) is 1.53. The Morgan fingerprint density at radius 2 is 2.10 bits per heavy atom. The van der Waals surface area contributed by atoms with Crippen molar-refractivity contribution in [1.82, 2.24) is 10.2 Å². The topological polar surface area (TPSA) is 107 Å². The summed E-state index contributed by atoms with van der Waals surface area (Å²) >= 11 is 1.57. The van der Waals surface area contributed by atoms with Crippen molar-refractivity contribution in [3.05, 3.63) is 22.4 Å². The molecule has 1 aromatic rings. The second-order valence-corrected chi connectivity index (χ2v) is 5.22. The molecular weight excluding hydrogens is 284 g/mol. The van der Waals surface area contributed by atoms with Crippen LogP contribution in [0.5, 0.6) is 0 Å². The summed E-state index contributed by atoms with van der Waals surface area (Å²) in [4.78, 5) is 35.6. The highest BCUT2D eigenvalue weighted by atomic mass is 32.1. The van der Waals surface area contributed by atoms with Crippen molar-refractivity contribution in [3.63, 3.8) is 0 Å². The lowest BCUT2D eigenvalue weighted by Gasteiger charge is -2.20. The van der Waals surface area contributed by atoms with Crippen LogP contribution in [-0.2, 0) is 16.0 Å². The van der Waals surface area contributed by atoms with E-state index in [-0.39, 0.29) is 0 Å². The van der Waals surface area contributed by atoms with Gasteiger partial charge in [-0.1, -0.05) is 6.07 Å². The largest absolute Gasteiger partial charge is 0.481 e. The normalized spacial score (nSPS) is 11.7. The molecule has 8 heteroatoms. The zero-order valence-corrected chi connectivity index (χ0v) is 11.7. The van der Waals surface area contributed by atoms with Crippen LogP contribution in [0.2, 0.25) is 0 Å². The van der Waals surface area contributed by atoms with Gasteiger partial charge in [0.2, 0.25) is 0 Å². The molecule has 0 aromatic carbocycles. The lowest BCUT2D eigenvalue weighted by Crippen LogP contribution is -2.48. The number of urea groups is 1. The number of hydrogen-bond donors (Lipinski definition) is 3. The highest BCUT2D eigenvalue weighted by Gasteiger charge is 2.24. The molecule has 1 atom stereocenters. The Bertz CT molecular complexity index is 474. The van der Waals surface area contributed by atoms with Crippen LogP contribution in [0.25, 0.3) is 0 Å². The Morgan fingerprint density at radius 3 is 2.60 bits per heavy atom. The number of nitrogens with one attached hydrogen (secondary N) is 1. The van der Waals surface area contributed by atoms with Crippen molar-refractivity contribution < 1.29 is 24.6 Å². The number of aliphatic carboxylic acids is 2. The summed E-state index contributed by atoms with van der Waals surface area (Å²) in [6, 6.07) is 1.83. The molecule has 20 heavy (non-hydrogen) atoms. The van der Waals surface area contributed by atoms with Crippen LogP contribution >= 0.6 is 11.3 Å². The Labute approximate surface area is 119 Å². The number of nitrogens with zero attached hydrogens (tertiary/aromatic N) is 1. The smallest absolute Gasteiger partial charge is 0.326 e. The minimum absolute atomic E-state index is 0.422. The van der Waals surface area contributed by atoms with Crippen molar-refractivity contribution in [2.24, 2.45) is 0 Å². The molecule has 0 saturated heterocycles. The average Bonchev–Trinajstić information content (AvgIpc) is 2.87. The molecular formula is C12H16N2O5S. The van der Waals surface area contributed by atoms with Gasteiger partial charge in [0.05, 0.1) is 6.42 Å². The van der Waals surface area contributed by atoms with E-state index in [0.717, 1.165) is 4.88 Å². The Balaban J connectivity index is 2.46. The highest BCUT2D eigenvalue weighted by Crippen LogP contribution is 2.09. The first-order chi connectivity index (χ1) is 9.40. The first kappa shape index (κ1) is 16.0. The van der Waals surface area contributed by atoms with Gasteiger partial charge in [0, 0.05) is 18.5 Å². The van der Waals surface area contributed by atoms with E-state index in [4.69, 9.17) is 10.2 Å². The molecule has 0 radical (unpaired) electrons. The van der Waals surface area contributed by atoms with Gasteiger partial charge in [-0.05, 0) is 17.9 Å². The van der Waals surface area contributed by atoms with Gasteiger partial charge < -0.3 is 20.4 Å². The van der Waals surface area contributed by atoms with Crippen molar-refractivity contribution in [1.29, 1.82) is 0 Å². The van der Waals surface area contributed by atoms with Crippen molar-refractivity contribution in [3.8, 4) is 0 Å². The average molecular weight is 300 g/mol. The summed E-state index contributed by atoms with van der Waals surface area (Å²) in [6.07, 6.45) is 0.0120. The molecule has 0 bridgehead atoms. The number of likely N-dealkylation sites (N-methyl/N-ethyl adjacent to an activating group) is 1. The maximum absolute atomic E-state index is 11.8. The predicted octanol–water partition coefficient (Wildman–Crippen LogP) is 0.860. The molecule has 1 aromatic heterocycles. The van der Waals surface area contributed by atoms with Crippen molar-refractivity contribution in [2.75, 3.05) is 13.6 Å². The number of amides is 2. The second-order valence-electron chi connectivity index (χ2n) is 4.19. The van der Waals surface area contributed by atoms with E-state index in [1.807, 2.05) is 17.5 Å². The molecule has 2 amide bonds. The van der Waals surface area contributed by atoms with Gasteiger partial charge in [0.15, 0.2) is 0 Å². The lowest BCUT2D eigenvalue weighted by molar-refractivity contribution is -0.145. The molecule has 0 saturated carbocycles. The van der Waals surface area contributed by atoms with Crippen LogP contribution in [0.4, 0.5) is 4.79 Å². The first-order valence-electron chi connectivity index (χ1n) is 5.88. The number of carbonyl (C=O) groups excluding carboxylic acids is 1. The zero-order chi connectivity index (χ0) is 15.1. The van der Waals surface area contributed by atoms with Crippen molar-refractivity contribution in [2.45, 2.75) is 18.9 Å². The molecule has 0 aliphatic rings. The third-order valence-electron chi connectivity index (χ3n) is 2.59. The third kappa shape index (κ3) is 5.27. The Hall–Kier alpha value is -2.09. The molecule has 0 aliphatic carbocycles. The second kappa shape index (κ2) is 7.49. The summed E-state index contributed by atoms with van der Waals surface area (Å²) in [5.41, 5.74) is 0. The molecule has 1 heterocycles. The SMILES string of the molecule is CN(CCc1cccs1)C(=O)NC(CC(=O)O)C(=O)O. The van der Waals surface area contributed by atoms with E-state index in [1.54, 1.807) is 11.3 Å². The summed E-state index contributed by atoms with van der Waals surface area (Å²) < 4.78 is 0. The summed E-state index contributed by atoms with van der Waals surface area (Å²) in [6.45, 7) is 0.422. The fourth-order valence-corrected chi connectivity index (χ4v) is 2.17. The maximum atomic E-state index is 11.8. The van der Waals surface area contributed by atoms with Crippen LogP contribution in [0.3, 0.4) is 0 Å². The quantitative estimate of drug-likeness (QED) is 0.692. The van der Waals surface area contributed by atoms with Gasteiger partial charge in [-0.2, -0.15) is 0 Å². The molecule has 0 aliphatic heterocycles. The first-order valence-corrected chi connectivity index (χ1v) is 6.76. The number of hydrogen-bond acceptors (Lipinski definition) is 4. The number of rotatable bonds is 7. The zero-order valence-electron chi connectivity index (χ0n) is 10.9. The third-order valence-corrected chi connectivity index (χ3v) is 3.53. The van der Waals surface area contributed by atoms with Gasteiger partial charge in [0.25, 0.3) is 0 Å². The van der Waals surface area contributed by atoms with Crippen LogP contribution < -0.4 is 5.32 Å². The standard InChI is InChI=1S/C12H16N2O5S/c1-14(5-4-8-3-2-6-20-8)12(19)13-9(11(17)18)7-10(15)16/h2-3,6,9H,4-5,7H2,1H3,(H,13,19)(H,15,16)(H,17,18). The van der Waals surface area contributed by atoms with Crippen LogP contribution in [0, 0.1) is 0 Å². The number of carboxylic acid groups (broad SMARTS) is 2. The Kier molecular flexibility index (Phi) is 5.98. The highest BCUT2D eigenvalue weighted by molar-refractivity contribution is 7.09. The van der Waals surface area contributed by atoms with E-state index < -0.39 is 30.4 Å². The van der Waals surface area contributed by atoms with E-state index in [9.17, 15) is 14.4 Å². The monoisotopic (exact) mass is 300 g/mol. The lowest BCUT2D eigenvalue weighted by atomic mass is 10.2. The van der Waals surface area contributed by atoms with Crippen LogP contribution in [-0.4, -0.2) is 52.7 Å². The van der Waals surface area contributed by atoms with E-state index >= 15 is 0 Å². The summed E-state index contributed by atoms with van der Waals surface area (Å²) in [5.74, 6) is -2.65. The number of carbonyl (C=O) groups is 3. The molecule has 7 nitrogen and oxygen atoms in total. The van der Waals surface area contributed by atoms with E-state index in [2.05, 4.69) is 5.32 Å². The van der Waals surface area contributed by atoms with Crippen LogP contribution in [0.1, 0.15) is 11.3 Å². The molecule has 1 rings (SSSR count).